The van der Waals surface area contributed by atoms with Gasteiger partial charge in [0.05, 0.1) is 13.2 Å². The van der Waals surface area contributed by atoms with Gasteiger partial charge in [-0.3, -0.25) is 0 Å². The Kier molecular flexibility index (Phi) is 4.29. The summed E-state index contributed by atoms with van der Waals surface area (Å²) in [4.78, 5) is 0. The van der Waals surface area contributed by atoms with Crippen LogP contribution < -0.4 is 10.1 Å². The van der Waals surface area contributed by atoms with Crippen LogP contribution in [0.15, 0.2) is 36.4 Å². The van der Waals surface area contributed by atoms with Crippen LogP contribution in [0.4, 0.5) is 13.2 Å². The van der Waals surface area contributed by atoms with Crippen molar-refractivity contribution in [2.75, 3.05) is 14.2 Å². The van der Waals surface area contributed by atoms with Gasteiger partial charge in [-0.1, -0.05) is 12.1 Å². The number of ether oxygens (including phenoxy) is 1. The largest absolute Gasteiger partial charge is 0.494 e. The molecule has 0 aromatic heterocycles. The second-order valence-corrected chi connectivity index (χ2v) is 4.25. The Bertz CT molecular complexity index is 596. The number of benzene rings is 2. The third-order valence-electron chi connectivity index (χ3n) is 3.09. The van der Waals surface area contributed by atoms with Crippen molar-refractivity contribution in [3.05, 3.63) is 65.0 Å². The van der Waals surface area contributed by atoms with E-state index >= 15 is 0 Å². The minimum absolute atomic E-state index is 0.0273. The van der Waals surface area contributed by atoms with Crippen molar-refractivity contribution in [3.63, 3.8) is 0 Å². The van der Waals surface area contributed by atoms with E-state index in [9.17, 15) is 13.2 Å². The number of halogens is 3. The maximum Gasteiger partial charge on any atom is 0.165 e. The predicted molar refractivity (Wildman–Crippen MR) is 70.2 cm³/mol. The smallest absolute Gasteiger partial charge is 0.165 e. The summed E-state index contributed by atoms with van der Waals surface area (Å²) < 4.78 is 46.0. The van der Waals surface area contributed by atoms with Gasteiger partial charge in [0.1, 0.15) is 11.6 Å². The van der Waals surface area contributed by atoms with Crippen molar-refractivity contribution in [1.82, 2.24) is 5.32 Å². The highest BCUT2D eigenvalue weighted by Gasteiger charge is 2.21. The lowest BCUT2D eigenvalue weighted by Gasteiger charge is -2.19. The van der Waals surface area contributed by atoms with E-state index in [0.29, 0.717) is 5.56 Å². The Morgan fingerprint density at radius 2 is 1.65 bits per heavy atom. The number of nitrogens with one attached hydrogen (secondary N) is 1. The monoisotopic (exact) mass is 281 g/mol. The van der Waals surface area contributed by atoms with Gasteiger partial charge in [0, 0.05) is 5.56 Å². The molecule has 0 bridgehead atoms. The Hall–Kier alpha value is -2.01. The zero-order valence-electron chi connectivity index (χ0n) is 11.1. The highest BCUT2D eigenvalue weighted by molar-refractivity contribution is 5.38. The molecule has 0 fully saturated rings. The van der Waals surface area contributed by atoms with Crippen LogP contribution in [-0.4, -0.2) is 14.2 Å². The molecule has 1 N–H and O–H groups in total. The molecule has 1 atom stereocenters. The van der Waals surface area contributed by atoms with Crippen LogP contribution in [0.25, 0.3) is 0 Å². The number of hydrogen-bond acceptors (Lipinski definition) is 2. The third kappa shape index (κ3) is 2.63. The van der Waals surface area contributed by atoms with Crippen LogP contribution in [0, 0.1) is 17.5 Å². The van der Waals surface area contributed by atoms with Gasteiger partial charge in [-0.2, -0.15) is 0 Å². The molecule has 0 saturated carbocycles. The van der Waals surface area contributed by atoms with Crippen molar-refractivity contribution < 1.29 is 17.9 Å². The highest BCUT2D eigenvalue weighted by atomic mass is 19.1. The Labute approximate surface area is 115 Å². The summed E-state index contributed by atoms with van der Waals surface area (Å²) in [5, 5.41) is 2.83. The van der Waals surface area contributed by atoms with Crippen molar-refractivity contribution >= 4 is 0 Å². The van der Waals surface area contributed by atoms with Gasteiger partial charge in [0.2, 0.25) is 0 Å². The van der Waals surface area contributed by atoms with Gasteiger partial charge in [-0.05, 0) is 36.9 Å². The second kappa shape index (κ2) is 5.96. The SMILES string of the molecule is CNC(c1ccc(F)c(OC)c1)c1c(F)cccc1F. The van der Waals surface area contributed by atoms with Crippen molar-refractivity contribution in [2.45, 2.75) is 6.04 Å². The molecule has 0 spiro atoms. The maximum atomic E-state index is 13.8. The van der Waals surface area contributed by atoms with Crippen LogP contribution in [-0.2, 0) is 0 Å². The van der Waals surface area contributed by atoms with Gasteiger partial charge >= 0.3 is 0 Å². The average molecular weight is 281 g/mol. The third-order valence-corrected chi connectivity index (χ3v) is 3.09. The van der Waals surface area contributed by atoms with Crippen LogP contribution in [0.1, 0.15) is 17.2 Å². The molecular weight excluding hydrogens is 267 g/mol. The van der Waals surface area contributed by atoms with Crippen molar-refractivity contribution in [3.8, 4) is 5.75 Å². The lowest BCUT2D eigenvalue weighted by Crippen LogP contribution is -2.20. The summed E-state index contributed by atoms with van der Waals surface area (Å²) in [5.74, 6) is -1.82. The molecule has 106 valence electrons. The number of methoxy groups -OCH3 is 1. The molecule has 0 aliphatic rings. The summed E-state index contributed by atoms with van der Waals surface area (Å²) in [6.07, 6.45) is 0. The normalized spacial score (nSPS) is 12.2. The van der Waals surface area contributed by atoms with Gasteiger partial charge in [0.15, 0.2) is 11.6 Å². The minimum atomic E-state index is -0.731. The first kappa shape index (κ1) is 14.4. The Balaban J connectivity index is 2.53. The molecule has 0 saturated heterocycles. The summed E-state index contributed by atoms with van der Waals surface area (Å²) in [6, 6.07) is 7.02. The van der Waals surface area contributed by atoms with Gasteiger partial charge in [-0.15, -0.1) is 0 Å². The summed E-state index contributed by atoms with van der Waals surface area (Å²) in [5.41, 5.74) is 0.401. The first-order valence-corrected chi connectivity index (χ1v) is 6.03. The molecule has 20 heavy (non-hydrogen) atoms. The quantitative estimate of drug-likeness (QED) is 0.927. The lowest BCUT2D eigenvalue weighted by atomic mass is 9.97. The lowest BCUT2D eigenvalue weighted by molar-refractivity contribution is 0.385. The first-order chi connectivity index (χ1) is 9.58. The standard InChI is InChI=1S/C15H14F3NO/c1-19-15(14-11(17)4-3-5-12(14)18)9-6-7-10(16)13(8-9)20-2/h3-8,15,19H,1-2H3. The highest BCUT2D eigenvalue weighted by Crippen LogP contribution is 2.29. The van der Waals surface area contributed by atoms with Crippen LogP contribution >= 0.6 is 0 Å². The van der Waals surface area contributed by atoms with E-state index in [4.69, 9.17) is 4.74 Å². The van der Waals surface area contributed by atoms with E-state index in [-0.39, 0.29) is 11.3 Å². The van der Waals surface area contributed by atoms with E-state index < -0.39 is 23.5 Å². The average Bonchev–Trinajstić information content (AvgIpc) is 2.44. The molecule has 0 amide bonds. The molecule has 2 nitrogen and oxygen atoms in total. The molecule has 0 heterocycles. The second-order valence-electron chi connectivity index (χ2n) is 4.25. The minimum Gasteiger partial charge on any atom is -0.494 e. The molecule has 1 unspecified atom stereocenters. The molecule has 2 aromatic carbocycles. The van der Waals surface area contributed by atoms with Crippen LogP contribution in [0.3, 0.4) is 0 Å². The van der Waals surface area contributed by atoms with Crippen LogP contribution in [0.5, 0.6) is 5.75 Å². The molecular formula is C15H14F3NO. The van der Waals surface area contributed by atoms with E-state index in [1.165, 1.54) is 43.5 Å². The van der Waals surface area contributed by atoms with Gasteiger partial charge < -0.3 is 10.1 Å². The van der Waals surface area contributed by atoms with Crippen LogP contribution in [0.2, 0.25) is 0 Å². The fourth-order valence-corrected chi connectivity index (χ4v) is 2.12. The van der Waals surface area contributed by atoms with Crippen molar-refractivity contribution in [2.24, 2.45) is 0 Å². The van der Waals surface area contributed by atoms with Gasteiger partial charge in [-0.25, -0.2) is 13.2 Å². The molecule has 0 radical (unpaired) electrons. The summed E-state index contributed by atoms with van der Waals surface area (Å²) in [6.45, 7) is 0. The molecule has 2 aromatic rings. The molecule has 0 aliphatic heterocycles. The molecule has 0 aliphatic carbocycles. The van der Waals surface area contributed by atoms with E-state index in [1.54, 1.807) is 7.05 Å². The fraction of sp³-hybridized carbons (Fsp3) is 0.200. The summed E-state index contributed by atoms with van der Waals surface area (Å²) in [7, 11) is 2.91. The van der Waals surface area contributed by atoms with Crippen molar-refractivity contribution in [1.29, 1.82) is 0 Å². The fourth-order valence-electron chi connectivity index (χ4n) is 2.12. The maximum absolute atomic E-state index is 13.8. The van der Waals surface area contributed by atoms with E-state index in [2.05, 4.69) is 5.32 Å². The number of hydrogen-bond donors (Lipinski definition) is 1. The Morgan fingerprint density at radius 1 is 1.00 bits per heavy atom. The molecule has 2 rings (SSSR count). The molecule has 5 heteroatoms. The zero-order chi connectivity index (χ0) is 14.7. The topological polar surface area (TPSA) is 21.3 Å². The number of rotatable bonds is 4. The summed E-state index contributed by atoms with van der Waals surface area (Å²) >= 11 is 0. The van der Waals surface area contributed by atoms with E-state index in [0.717, 1.165) is 0 Å². The zero-order valence-corrected chi connectivity index (χ0v) is 11.1. The Morgan fingerprint density at radius 3 is 2.20 bits per heavy atom. The predicted octanol–water partition coefficient (Wildman–Crippen LogP) is 3.42. The van der Waals surface area contributed by atoms with Gasteiger partial charge in [0.25, 0.3) is 0 Å². The first-order valence-electron chi connectivity index (χ1n) is 6.03. The van der Waals surface area contributed by atoms with E-state index in [1.807, 2.05) is 0 Å².